The van der Waals surface area contributed by atoms with Crippen LogP contribution in [0.25, 0.3) is 11.2 Å². The minimum absolute atomic E-state index is 0.327. The molecule has 0 saturated heterocycles. The zero-order chi connectivity index (χ0) is 13.1. The Morgan fingerprint density at radius 3 is 2.83 bits per heavy atom. The van der Waals surface area contributed by atoms with E-state index in [-0.39, 0.29) is 0 Å². The summed E-state index contributed by atoms with van der Waals surface area (Å²) in [6.45, 7) is 4.28. The van der Waals surface area contributed by atoms with Gasteiger partial charge in [0, 0.05) is 18.3 Å². The maximum absolute atomic E-state index is 5.84. The van der Waals surface area contributed by atoms with Gasteiger partial charge in [-0.05, 0) is 13.3 Å². The van der Waals surface area contributed by atoms with Gasteiger partial charge >= 0.3 is 0 Å². The Labute approximate surface area is 111 Å². The predicted molar refractivity (Wildman–Crippen MR) is 71.3 cm³/mol. The van der Waals surface area contributed by atoms with Crippen LogP contribution in [-0.2, 0) is 6.42 Å². The van der Waals surface area contributed by atoms with Crippen LogP contribution in [0.4, 0.5) is 0 Å². The van der Waals surface area contributed by atoms with E-state index in [1.807, 2.05) is 0 Å². The smallest absolute Gasteiger partial charge is 0.245 e. The second-order valence-electron chi connectivity index (χ2n) is 4.15. The SMILES string of the molecule is CCC(C)n1c(CCCl)nc2c(OC)ncnc21. The van der Waals surface area contributed by atoms with Gasteiger partial charge in [-0.1, -0.05) is 6.92 Å². The second-order valence-corrected chi connectivity index (χ2v) is 4.53. The molecule has 2 aromatic rings. The monoisotopic (exact) mass is 268 g/mol. The number of halogens is 1. The summed E-state index contributed by atoms with van der Waals surface area (Å²) >= 11 is 5.84. The van der Waals surface area contributed by atoms with Crippen LogP contribution >= 0.6 is 11.6 Å². The minimum Gasteiger partial charge on any atom is -0.479 e. The van der Waals surface area contributed by atoms with E-state index in [2.05, 4.69) is 33.4 Å². The first-order chi connectivity index (χ1) is 8.72. The molecule has 0 fully saturated rings. The van der Waals surface area contributed by atoms with Gasteiger partial charge < -0.3 is 9.30 Å². The van der Waals surface area contributed by atoms with Crippen molar-refractivity contribution in [2.75, 3.05) is 13.0 Å². The number of aromatic nitrogens is 4. The maximum Gasteiger partial charge on any atom is 0.245 e. The van der Waals surface area contributed by atoms with E-state index in [9.17, 15) is 0 Å². The third kappa shape index (κ3) is 2.14. The minimum atomic E-state index is 0.327. The van der Waals surface area contributed by atoms with Gasteiger partial charge in [-0.3, -0.25) is 0 Å². The van der Waals surface area contributed by atoms with Crippen LogP contribution in [0.3, 0.4) is 0 Å². The van der Waals surface area contributed by atoms with Gasteiger partial charge in [0.2, 0.25) is 5.88 Å². The second kappa shape index (κ2) is 5.52. The van der Waals surface area contributed by atoms with E-state index in [0.29, 0.717) is 29.7 Å². The first-order valence-corrected chi connectivity index (χ1v) is 6.58. The largest absolute Gasteiger partial charge is 0.479 e. The average molecular weight is 269 g/mol. The highest BCUT2D eigenvalue weighted by Gasteiger charge is 2.18. The maximum atomic E-state index is 5.84. The van der Waals surface area contributed by atoms with Crippen molar-refractivity contribution in [1.82, 2.24) is 19.5 Å². The summed E-state index contributed by atoms with van der Waals surface area (Å²) in [5.41, 5.74) is 1.52. The molecular weight excluding hydrogens is 252 g/mol. The Balaban J connectivity index is 2.67. The lowest BCUT2D eigenvalue weighted by molar-refractivity contribution is 0.401. The van der Waals surface area contributed by atoms with Crippen LogP contribution in [0.2, 0.25) is 0 Å². The number of hydrogen-bond donors (Lipinski definition) is 0. The standard InChI is InChI=1S/C12H17ClN4O/c1-4-8(2)17-9(5-6-13)16-10-11(17)14-7-15-12(10)18-3/h7-8H,4-6H2,1-3H3. The van der Waals surface area contributed by atoms with E-state index in [1.54, 1.807) is 7.11 Å². The van der Waals surface area contributed by atoms with Crippen LogP contribution in [0.5, 0.6) is 5.88 Å². The molecule has 0 amide bonds. The average Bonchev–Trinajstić information content (AvgIpc) is 2.76. The quantitative estimate of drug-likeness (QED) is 0.782. The number of hydrogen-bond acceptors (Lipinski definition) is 4. The van der Waals surface area contributed by atoms with Crippen LogP contribution in [0.1, 0.15) is 32.1 Å². The number of aryl methyl sites for hydroxylation is 1. The zero-order valence-corrected chi connectivity index (χ0v) is 11.6. The zero-order valence-electron chi connectivity index (χ0n) is 10.9. The van der Waals surface area contributed by atoms with Crippen molar-refractivity contribution in [3.8, 4) is 5.88 Å². The molecule has 1 atom stereocenters. The molecule has 2 heterocycles. The summed E-state index contributed by atoms with van der Waals surface area (Å²) in [7, 11) is 1.59. The molecule has 0 saturated carbocycles. The van der Waals surface area contributed by atoms with Crippen molar-refractivity contribution in [2.24, 2.45) is 0 Å². The van der Waals surface area contributed by atoms with E-state index in [0.717, 1.165) is 17.9 Å². The molecule has 0 bridgehead atoms. The third-order valence-electron chi connectivity index (χ3n) is 3.06. The van der Waals surface area contributed by atoms with Crippen molar-refractivity contribution in [2.45, 2.75) is 32.7 Å². The number of imidazole rings is 1. The molecule has 2 aromatic heterocycles. The van der Waals surface area contributed by atoms with Gasteiger partial charge in [-0.25, -0.2) is 9.97 Å². The van der Waals surface area contributed by atoms with Gasteiger partial charge in [-0.2, -0.15) is 4.98 Å². The van der Waals surface area contributed by atoms with Crippen molar-refractivity contribution in [3.05, 3.63) is 12.2 Å². The lowest BCUT2D eigenvalue weighted by Gasteiger charge is -2.14. The molecule has 0 aliphatic rings. The first kappa shape index (κ1) is 13.1. The molecule has 1 unspecified atom stereocenters. The molecule has 0 spiro atoms. The predicted octanol–water partition coefficient (Wildman–Crippen LogP) is 2.59. The molecule has 0 aromatic carbocycles. The van der Waals surface area contributed by atoms with E-state index < -0.39 is 0 Å². The fourth-order valence-corrected chi connectivity index (χ4v) is 2.16. The lowest BCUT2D eigenvalue weighted by Crippen LogP contribution is -2.09. The Hall–Kier alpha value is -1.36. The van der Waals surface area contributed by atoms with Gasteiger partial charge in [0.25, 0.3) is 0 Å². The van der Waals surface area contributed by atoms with Crippen LogP contribution in [0, 0.1) is 0 Å². The molecule has 6 heteroatoms. The Kier molecular flexibility index (Phi) is 4.01. The molecule has 0 aliphatic heterocycles. The van der Waals surface area contributed by atoms with Crippen LogP contribution in [0.15, 0.2) is 6.33 Å². The third-order valence-corrected chi connectivity index (χ3v) is 3.25. The lowest BCUT2D eigenvalue weighted by atomic mass is 10.2. The van der Waals surface area contributed by atoms with Crippen molar-refractivity contribution < 1.29 is 4.74 Å². The summed E-state index contributed by atoms with van der Waals surface area (Å²) in [4.78, 5) is 13.0. The number of methoxy groups -OCH3 is 1. The van der Waals surface area contributed by atoms with Gasteiger partial charge in [0.05, 0.1) is 7.11 Å². The highest BCUT2D eigenvalue weighted by atomic mass is 35.5. The molecule has 0 N–H and O–H groups in total. The molecule has 98 valence electrons. The van der Waals surface area contributed by atoms with E-state index in [1.165, 1.54) is 6.33 Å². The molecule has 0 aliphatic carbocycles. The van der Waals surface area contributed by atoms with Crippen LogP contribution in [-0.4, -0.2) is 32.5 Å². The Morgan fingerprint density at radius 1 is 1.44 bits per heavy atom. The van der Waals surface area contributed by atoms with E-state index in [4.69, 9.17) is 16.3 Å². The van der Waals surface area contributed by atoms with Crippen molar-refractivity contribution in [3.63, 3.8) is 0 Å². The van der Waals surface area contributed by atoms with Crippen LogP contribution < -0.4 is 4.74 Å². The number of alkyl halides is 1. The highest BCUT2D eigenvalue weighted by Crippen LogP contribution is 2.26. The summed E-state index contributed by atoms with van der Waals surface area (Å²) in [6, 6.07) is 0.327. The number of fused-ring (bicyclic) bond motifs is 1. The van der Waals surface area contributed by atoms with Gasteiger partial charge in [0.1, 0.15) is 12.2 Å². The summed E-state index contributed by atoms with van der Waals surface area (Å²) in [6.07, 6.45) is 3.23. The topological polar surface area (TPSA) is 52.8 Å². The normalized spacial score (nSPS) is 12.9. The summed E-state index contributed by atoms with van der Waals surface area (Å²) in [5, 5.41) is 0. The van der Waals surface area contributed by atoms with Crippen molar-refractivity contribution in [1.29, 1.82) is 0 Å². The molecule has 18 heavy (non-hydrogen) atoms. The molecule has 0 radical (unpaired) electrons. The fraction of sp³-hybridized carbons (Fsp3) is 0.583. The number of nitrogens with zero attached hydrogens (tertiary/aromatic N) is 4. The molecular formula is C12H17ClN4O. The Morgan fingerprint density at radius 2 is 2.22 bits per heavy atom. The number of rotatable bonds is 5. The van der Waals surface area contributed by atoms with Crippen molar-refractivity contribution >= 4 is 22.8 Å². The van der Waals surface area contributed by atoms with Gasteiger partial charge in [-0.15, -0.1) is 11.6 Å². The molecule has 5 nitrogen and oxygen atoms in total. The van der Waals surface area contributed by atoms with E-state index >= 15 is 0 Å². The van der Waals surface area contributed by atoms with Gasteiger partial charge in [0.15, 0.2) is 11.2 Å². The molecule has 2 rings (SSSR count). The number of ether oxygens (including phenoxy) is 1. The highest BCUT2D eigenvalue weighted by molar-refractivity contribution is 6.17. The fourth-order valence-electron chi connectivity index (χ4n) is 1.99. The summed E-state index contributed by atoms with van der Waals surface area (Å²) < 4.78 is 7.35. The summed E-state index contributed by atoms with van der Waals surface area (Å²) in [5.74, 6) is 1.99. The Bertz CT molecular complexity index is 540. The first-order valence-electron chi connectivity index (χ1n) is 6.04.